The fourth-order valence-corrected chi connectivity index (χ4v) is 2.23. The highest BCUT2D eigenvalue weighted by molar-refractivity contribution is 9.10. The molecule has 22 heavy (non-hydrogen) atoms. The van der Waals surface area contributed by atoms with Gasteiger partial charge in [0.05, 0.1) is 0 Å². The molecule has 0 aliphatic heterocycles. The normalized spacial score (nSPS) is 10.3. The summed E-state index contributed by atoms with van der Waals surface area (Å²) in [6, 6.07) is 10.8. The summed E-state index contributed by atoms with van der Waals surface area (Å²) in [6.07, 6.45) is 2.47. The Balaban J connectivity index is 2.07. The predicted octanol–water partition coefficient (Wildman–Crippen LogP) is 2.98. The molecule has 0 bridgehead atoms. The van der Waals surface area contributed by atoms with Gasteiger partial charge in [-0.3, -0.25) is 4.79 Å². The first kappa shape index (κ1) is 16.5. The minimum atomic E-state index is -0.186. The molecule has 2 aromatic rings. The molecule has 6 heteroatoms. The zero-order valence-corrected chi connectivity index (χ0v) is 13.9. The molecule has 0 atom stereocenters. The number of aromatic nitrogens is 1. The third kappa shape index (κ3) is 4.82. The Bertz CT molecular complexity index is 634. The van der Waals surface area contributed by atoms with Crippen LogP contribution in [0, 0.1) is 0 Å². The summed E-state index contributed by atoms with van der Waals surface area (Å²) < 4.78 is 6.63. The number of carbonyl (C=O) groups excluding carboxylic acids is 1. The van der Waals surface area contributed by atoms with Gasteiger partial charge in [0.1, 0.15) is 11.3 Å². The van der Waals surface area contributed by atoms with Gasteiger partial charge in [-0.1, -0.05) is 22.0 Å². The molecule has 1 heterocycles. The lowest BCUT2D eigenvalue weighted by Gasteiger charge is -2.10. The Morgan fingerprint density at radius 2 is 2.14 bits per heavy atom. The summed E-state index contributed by atoms with van der Waals surface area (Å²) in [6.45, 7) is 1.46. The Kier molecular flexibility index (Phi) is 6.36. The van der Waals surface area contributed by atoms with E-state index >= 15 is 0 Å². The second-order valence-corrected chi connectivity index (χ2v) is 5.54. The Hall–Kier alpha value is -1.92. The molecule has 0 unspecified atom stereocenters. The van der Waals surface area contributed by atoms with Gasteiger partial charge in [0.2, 0.25) is 5.88 Å². The summed E-state index contributed by atoms with van der Waals surface area (Å²) in [5.74, 6) is 0.734. The van der Waals surface area contributed by atoms with Crippen LogP contribution in [0.1, 0.15) is 16.8 Å². The summed E-state index contributed by atoms with van der Waals surface area (Å²) >= 11 is 3.39. The Morgan fingerprint density at radius 3 is 2.91 bits per heavy atom. The fourth-order valence-electron chi connectivity index (χ4n) is 1.85. The van der Waals surface area contributed by atoms with Gasteiger partial charge in [0.15, 0.2) is 0 Å². The van der Waals surface area contributed by atoms with E-state index in [0.717, 1.165) is 17.4 Å². The number of amides is 1. The monoisotopic (exact) mass is 363 g/mol. The average molecular weight is 364 g/mol. The second-order valence-electron chi connectivity index (χ2n) is 4.63. The standard InChI is InChI=1S/C16H18BrN3O2/c1-18-8-4-10-19-15(21)14-7-3-9-20-16(14)22-13-6-2-5-12(17)11-13/h2-3,5-7,9,11,18H,4,8,10H2,1H3,(H,19,21). The number of benzene rings is 1. The number of ether oxygens (including phenoxy) is 1. The summed E-state index contributed by atoms with van der Waals surface area (Å²) in [5.41, 5.74) is 0.423. The van der Waals surface area contributed by atoms with E-state index in [2.05, 4.69) is 31.5 Å². The predicted molar refractivity (Wildman–Crippen MR) is 89.3 cm³/mol. The van der Waals surface area contributed by atoms with Crippen LogP contribution in [0.25, 0.3) is 0 Å². The van der Waals surface area contributed by atoms with E-state index in [0.29, 0.717) is 23.7 Å². The van der Waals surface area contributed by atoms with Crippen LogP contribution in [0.4, 0.5) is 0 Å². The minimum Gasteiger partial charge on any atom is -0.438 e. The van der Waals surface area contributed by atoms with E-state index in [1.807, 2.05) is 31.3 Å². The molecular formula is C16H18BrN3O2. The van der Waals surface area contributed by atoms with Crippen molar-refractivity contribution in [2.75, 3.05) is 20.1 Å². The summed E-state index contributed by atoms with van der Waals surface area (Å²) in [7, 11) is 1.88. The van der Waals surface area contributed by atoms with Crippen molar-refractivity contribution >= 4 is 21.8 Å². The van der Waals surface area contributed by atoms with Gasteiger partial charge >= 0.3 is 0 Å². The van der Waals surface area contributed by atoms with Crippen molar-refractivity contribution in [1.29, 1.82) is 0 Å². The van der Waals surface area contributed by atoms with E-state index in [1.54, 1.807) is 18.3 Å². The molecule has 5 nitrogen and oxygen atoms in total. The second kappa shape index (κ2) is 8.51. The fraction of sp³-hybridized carbons (Fsp3) is 0.250. The van der Waals surface area contributed by atoms with E-state index < -0.39 is 0 Å². The van der Waals surface area contributed by atoms with Crippen molar-refractivity contribution in [1.82, 2.24) is 15.6 Å². The van der Waals surface area contributed by atoms with Crippen molar-refractivity contribution in [3.8, 4) is 11.6 Å². The van der Waals surface area contributed by atoms with Gasteiger partial charge in [-0.2, -0.15) is 0 Å². The van der Waals surface area contributed by atoms with Gasteiger partial charge in [-0.15, -0.1) is 0 Å². The van der Waals surface area contributed by atoms with Crippen LogP contribution >= 0.6 is 15.9 Å². The van der Waals surface area contributed by atoms with Crippen molar-refractivity contribution in [3.05, 3.63) is 52.6 Å². The van der Waals surface area contributed by atoms with Crippen LogP contribution in [0.2, 0.25) is 0 Å². The first-order chi connectivity index (χ1) is 10.7. The third-order valence-electron chi connectivity index (χ3n) is 2.92. The van der Waals surface area contributed by atoms with E-state index in [-0.39, 0.29) is 5.91 Å². The molecule has 0 spiro atoms. The highest BCUT2D eigenvalue weighted by Gasteiger charge is 2.13. The minimum absolute atomic E-state index is 0.186. The molecule has 1 amide bonds. The number of pyridine rings is 1. The molecule has 0 aliphatic carbocycles. The lowest BCUT2D eigenvalue weighted by Crippen LogP contribution is -2.27. The number of nitrogens with zero attached hydrogens (tertiary/aromatic N) is 1. The van der Waals surface area contributed by atoms with E-state index in [1.165, 1.54) is 0 Å². The van der Waals surface area contributed by atoms with Crippen LogP contribution in [0.3, 0.4) is 0 Å². The van der Waals surface area contributed by atoms with Crippen molar-refractivity contribution < 1.29 is 9.53 Å². The molecule has 2 rings (SSSR count). The maximum atomic E-state index is 12.2. The number of carbonyl (C=O) groups is 1. The van der Waals surface area contributed by atoms with Gasteiger partial charge < -0.3 is 15.4 Å². The lowest BCUT2D eigenvalue weighted by atomic mass is 10.2. The first-order valence-corrected chi connectivity index (χ1v) is 7.81. The van der Waals surface area contributed by atoms with Crippen LogP contribution in [-0.4, -0.2) is 31.0 Å². The highest BCUT2D eigenvalue weighted by atomic mass is 79.9. The van der Waals surface area contributed by atoms with Crippen LogP contribution in [0.15, 0.2) is 47.1 Å². The molecule has 0 aliphatic rings. The topological polar surface area (TPSA) is 63.2 Å². The average Bonchev–Trinajstić information content (AvgIpc) is 2.52. The first-order valence-electron chi connectivity index (χ1n) is 7.02. The molecule has 2 N–H and O–H groups in total. The molecule has 1 aromatic carbocycles. The molecule has 0 saturated heterocycles. The number of hydrogen-bond donors (Lipinski definition) is 2. The maximum Gasteiger partial charge on any atom is 0.256 e. The van der Waals surface area contributed by atoms with Crippen LogP contribution in [0.5, 0.6) is 11.6 Å². The molecule has 1 aromatic heterocycles. The quantitative estimate of drug-likeness (QED) is 0.742. The Morgan fingerprint density at radius 1 is 1.27 bits per heavy atom. The summed E-state index contributed by atoms with van der Waals surface area (Å²) in [5, 5.41) is 5.90. The molecule has 0 radical (unpaired) electrons. The number of halogens is 1. The highest BCUT2D eigenvalue weighted by Crippen LogP contribution is 2.25. The molecular weight excluding hydrogens is 346 g/mol. The zero-order chi connectivity index (χ0) is 15.8. The molecule has 116 valence electrons. The van der Waals surface area contributed by atoms with Gasteiger partial charge in [0.25, 0.3) is 5.91 Å². The smallest absolute Gasteiger partial charge is 0.256 e. The largest absolute Gasteiger partial charge is 0.438 e. The summed E-state index contributed by atoms with van der Waals surface area (Å²) in [4.78, 5) is 16.4. The van der Waals surface area contributed by atoms with Crippen molar-refractivity contribution in [2.24, 2.45) is 0 Å². The van der Waals surface area contributed by atoms with Gasteiger partial charge in [-0.25, -0.2) is 4.98 Å². The SMILES string of the molecule is CNCCCNC(=O)c1cccnc1Oc1cccc(Br)c1. The van der Waals surface area contributed by atoms with Crippen molar-refractivity contribution in [2.45, 2.75) is 6.42 Å². The van der Waals surface area contributed by atoms with Crippen molar-refractivity contribution in [3.63, 3.8) is 0 Å². The lowest BCUT2D eigenvalue weighted by molar-refractivity contribution is 0.0950. The Labute approximate surface area is 138 Å². The number of nitrogens with one attached hydrogen (secondary N) is 2. The van der Waals surface area contributed by atoms with Crippen LogP contribution in [-0.2, 0) is 0 Å². The maximum absolute atomic E-state index is 12.2. The number of hydrogen-bond acceptors (Lipinski definition) is 4. The van der Waals surface area contributed by atoms with E-state index in [9.17, 15) is 4.79 Å². The van der Waals surface area contributed by atoms with E-state index in [4.69, 9.17) is 4.74 Å². The van der Waals surface area contributed by atoms with Gasteiger partial charge in [-0.05, 0) is 50.3 Å². The third-order valence-corrected chi connectivity index (χ3v) is 3.41. The molecule has 0 fully saturated rings. The van der Waals surface area contributed by atoms with Crippen LogP contribution < -0.4 is 15.4 Å². The molecule has 0 saturated carbocycles. The van der Waals surface area contributed by atoms with Gasteiger partial charge in [0, 0.05) is 17.2 Å². The zero-order valence-electron chi connectivity index (χ0n) is 12.3. The number of rotatable bonds is 7.